The summed E-state index contributed by atoms with van der Waals surface area (Å²) < 4.78 is 5.78. The van der Waals surface area contributed by atoms with E-state index in [0.717, 1.165) is 11.3 Å². The van der Waals surface area contributed by atoms with Crippen molar-refractivity contribution < 1.29 is 4.74 Å². The van der Waals surface area contributed by atoms with E-state index in [1.165, 1.54) is 0 Å². The summed E-state index contributed by atoms with van der Waals surface area (Å²) in [6.07, 6.45) is 0. The summed E-state index contributed by atoms with van der Waals surface area (Å²) in [6.45, 7) is 5.52. The van der Waals surface area contributed by atoms with Crippen molar-refractivity contribution in [2.24, 2.45) is 5.73 Å². The molecule has 0 spiro atoms. The van der Waals surface area contributed by atoms with Crippen molar-refractivity contribution in [3.8, 4) is 5.75 Å². The van der Waals surface area contributed by atoms with Crippen LogP contribution in [0.4, 0.5) is 0 Å². The lowest BCUT2D eigenvalue weighted by atomic mass is 10.1. The van der Waals surface area contributed by atoms with E-state index in [4.69, 9.17) is 10.5 Å². The highest BCUT2D eigenvalue weighted by molar-refractivity contribution is 5.28. The second kappa shape index (κ2) is 5.32. The number of hydrogen-bond acceptors (Lipinski definition) is 3. The molecule has 0 saturated heterocycles. The van der Waals surface area contributed by atoms with Crippen LogP contribution in [0.3, 0.4) is 0 Å². The van der Waals surface area contributed by atoms with Crippen LogP contribution in [-0.2, 0) is 6.54 Å². The molecule has 0 radical (unpaired) electrons. The van der Waals surface area contributed by atoms with Crippen LogP contribution >= 0.6 is 0 Å². The molecule has 0 aliphatic carbocycles. The Hall–Kier alpha value is -1.06. The minimum atomic E-state index is 0.0265. The number of nitrogens with zero attached hydrogens (tertiary/aromatic N) is 1. The molecule has 0 fully saturated rings. The molecule has 0 heterocycles. The van der Waals surface area contributed by atoms with Crippen molar-refractivity contribution in [2.45, 2.75) is 25.9 Å². The van der Waals surface area contributed by atoms with Crippen molar-refractivity contribution in [1.82, 2.24) is 4.90 Å². The van der Waals surface area contributed by atoms with Gasteiger partial charge in [0.15, 0.2) is 0 Å². The first-order chi connectivity index (χ1) is 7.45. The van der Waals surface area contributed by atoms with Gasteiger partial charge in [-0.05, 0) is 45.6 Å². The summed E-state index contributed by atoms with van der Waals surface area (Å²) >= 11 is 0. The van der Waals surface area contributed by atoms with E-state index in [0.29, 0.717) is 13.2 Å². The van der Waals surface area contributed by atoms with Gasteiger partial charge < -0.3 is 15.4 Å². The number of rotatable bonds is 5. The second-order valence-electron chi connectivity index (χ2n) is 4.85. The van der Waals surface area contributed by atoms with E-state index < -0.39 is 0 Å². The monoisotopic (exact) mass is 222 g/mol. The number of benzene rings is 1. The third-order valence-electron chi connectivity index (χ3n) is 2.94. The summed E-state index contributed by atoms with van der Waals surface area (Å²) in [5, 5.41) is 0. The largest absolute Gasteiger partial charge is 0.492 e. The maximum atomic E-state index is 5.78. The molecule has 3 heteroatoms. The fraction of sp³-hybridized carbons (Fsp3) is 0.538. The highest BCUT2D eigenvalue weighted by Crippen LogP contribution is 2.17. The van der Waals surface area contributed by atoms with Crippen LogP contribution in [-0.4, -0.2) is 31.1 Å². The molecule has 2 N–H and O–H groups in total. The summed E-state index contributed by atoms with van der Waals surface area (Å²) in [4.78, 5) is 2.15. The standard InChI is InChI=1S/C13H22N2O/c1-13(2,15(3)4)10-16-12-7-5-6-11(8-12)9-14/h5-8H,9-10,14H2,1-4H3. The minimum Gasteiger partial charge on any atom is -0.492 e. The molecule has 1 aromatic carbocycles. The van der Waals surface area contributed by atoms with Gasteiger partial charge in [-0.3, -0.25) is 0 Å². The fourth-order valence-corrected chi connectivity index (χ4v) is 1.15. The summed E-state index contributed by atoms with van der Waals surface area (Å²) in [6, 6.07) is 7.93. The molecule has 16 heavy (non-hydrogen) atoms. The van der Waals surface area contributed by atoms with Gasteiger partial charge in [0.2, 0.25) is 0 Å². The van der Waals surface area contributed by atoms with Crippen molar-refractivity contribution in [3.05, 3.63) is 29.8 Å². The second-order valence-corrected chi connectivity index (χ2v) is 4.85. The van der Waals surface area contributed by atoms with Crippen LogP contribution in [0.15, 0.2) is 24.3 Å². The molecule has 3 nitrogen and oxygen atoms in total. The van der Waals surface area contributed by atoms with Crippen molar-refractivity contribution in [3.63, 3.8) is 0 Å². The van der Waals surface area contributed by atoms with Crippen molar-refractivity contribution >= 4 is 0 Å². The summed E-state index contributed by atoms with van der Waals surface area (Å²) in [5.41, 5.74) is 6.71. The van der Waals surface area contributed by atoms with E-state index >= 15 is 0 Å². The molecule has 0 aliphatic heterocycles. The lowest BCUT2D eigenvalue weighted by Crippen LogP contribution is -2.43. The molecule has 90 valence electrons. The first-order valence-electron chi connectivity index (χ1n) is 5.55. The molecular formula is C13H22N2O. The molecule has 0 amide bonds. The quantitative estimate of drug-likeness (QED) is 0.826. The molecular weight excluding hydrogens is 200 g/mol. The van der Waals surface area contributed by atoms with Crippen LogP contribution in [0.2, 0.25) is 0 Å². The van der Waals surface area contributed by atoms with Gasteiger partial charge in [0.25, 0.3) is 0 Å². The van der Waals surface area contributed by atoms with Gasteiger partial charge in [-0.1, -0.05) is 12.1 Å². The highest BCUT2D eigenvalue weighted by atomic mass is 16.5. The van der Waals surface area contributed by atoms with Crippen LogP contribution in [0.1, 0.15) is 19.4 Å². The first-order valence-corrected chi connectivity index (χ1v) is 5.55. The maximum absolute atomic E-state index is 5.78. The minimum absolute atomic E-state index is 0.0265. The van der Waals surface area contributed by atoms with Gasteiger partial charge in [-0.2, -0.15) is 0 Å². The Bertz CT molecular complexity index is 334. The topological polar surface area (TPSA) is 38.5 Å². The van der Waals surface area contributed by atoms with Gasteiger partial charge in [-0.25, -0.2) is 0 Å². The number of nitrogens with two attached hydrogens (primary N) is 1. The summed E-state index contributed by atoms with van der Waals surface area (Å²) in [5.74, 6) is 0.887. The van der Waals surface area contributed by atoms with Crippen molar-refractivity contribution in [1.29, 1.82) is 0 Å². The van der Waals surface area contributed by atoms with Gasteiger partial charge in [0.05, 0.1) is 0 Å². The Balaban J connectivity index is 2.60. The Kier molecular flexibility index (Phi) is 4.33. The Labute approximate surface area is 98.2 Å². The van der Waals surface area contributed by atoms with Crippen LogP contribution in [0.25, 0.3) is 0 Å². The van der Waals surface area contributed by atoms with E-state index in [1.807, 2.05) is 24.3 Å². The predicted octanol–water partition coefficient (Wildman–Crippen LogP) is 1.86. The first kappa shape index (κ1) is 13.0. The molecule has 0 aliphatic rings. The van der Waals surface area contributed by atoms with E-state index in [-0.39, 0.29) is 5.54 Å². The molecule has 0 bridgehead atoms. The van der Waals surface area contributed by atoms with E-state index in [1.54, 1.807) is 0 Å². The highest BCUT2D eigenvalue weighted by Gasteiger charge is 2.21. The van der Waals surface area contributed by atoms with Gasteiger partial charge in [0, 0.05) is 12.1 Å². The van der Waals surface area contributed by atoms with Gasteiger partial charge in [-0.15, -0.1) is 0 Å². The molecule has 0 unspecified atom stereocenters. The zero-order valence-electron chi connectivity index (χ0n) is 10.7. The van der Waals surface area contributed by atoms with Gasteiger partial charge in [0.1, 0.15) is 12.4 Å². The average molecular weight is 222 g/mol. The molecule has 1 rings (SSSR count). The lowest BCUT2D eigenvalue weighted by molar-refractivity contribution is 0.114. The smallest absolute Gasteiger partial charge is 0.119 e. The molecule has 0 aromatic heterocycles. The van der Waals surface area contributed by atoms with Crippen LogP contribution < -0.4 is 10.5 Å². The van der Waals surface area contributed by atoms with E-state index in [2.05, 4.69) is 32.8 Å². The van der Waals surface area contributed by atoms with E-state index in [9.17, 15) is 0 Å². The van der Waals surface area contributed by atoms with Crippen molar-refractivity contribution in [2.75, 3.05) is 20.7 Å². The number of ether oxygens (including phenoxy) is 1. The molecule has 0 saturated carbocycles. The lowest BCUT2D eigenvalue weighted by Gasteiger charge is -2.32. The Morgan fingerprint density at radius 2 is 2.00 bits per heavy atom. The number of hydrogen-bond donors (Lipinski definition) is 1. The third-order valence-corrected chi connectivity index (χ3v) is 2.94. The fourth-order valence-electron chi connectivity index (χ4n) is 1.15. The molecule has 0 atom stereocenters. The SMILES string of the molecule is CN(C)C(C)(C)COc1cccc(CN)c1. The normalized spacial score (nSPS) is 11.9. The molecule has 1 aromatic rings. The Morgan fingerprint density at radius 1 is 1.31 bits per heavy atom. The third kappa shape index (κ3) is 3.51. The van der Waals surface area contributed by atoms with Crippen LogP contribution in [0, 0.1) is 0 Å². The average Bonchev–Trinajstić information content (AvgIpc) is 2.26. The zero-order valence-corrected chi connectivity index (χ0v) is 10.7. The summed E-state index contributed by atoms with van der Waals surface area (Å²) in [7, 11) is 4.11. The Morgan fingerprint density at radius 3 is 2.56 bits per heavy atom. The van der Waals surface area contributed by atoms with Gasteiger partial charge >= 0.3 is 0 Å². The zero-order chi connectivity index (χ0) is 12.2. The maximum Gasteiger partial charge on any atom is 0.119 e. The van der Waals surface area contributed by atoms with Crippen LogP contribution in [0.5, 0.6) is 5.75 Å². The number of likely N-dealkylation sites (N-methyl/N-ethyl adjacent to an activating group) is 1. The predicted molar refractivity (Wildman–Crippen MR) is 67.6 cm³/mol.